The van der Waals surface area contributed by atoms with Gasteiger partial charge in [-0.2, -0.15) is 0 Å². The van der Waals surface area contributed by atoms with E-state index in [2.05, 4.69) is 24.0 Å². The summed E-state index contributed by atoms with van der Waals surface area (Å²) in [6.45, 7) is 6.31. The molecule has 0 radical (unpaired) electrons. The molecule has 0 saturated heterocycles. The van der Waals surface area contributed by atoms with Crippen LogP contribution >= 0.6 is 0 Å². The Hall–Kier alpha value is -2.79. The molecule has 5 heteroatoms. The topological polar surface area (TPSA) is 51.9 Å². The van der Waals surface area contributed by atoms with Crippen molar-refractivity contribution in [2.45, 2.75) is 39.7 Å². The van der Waals surface area contributed by atoms with Gasteiger partial charge in [0.25, 0.3) is 0 Å². The van der Waals surface area contributed by atoms with Gasteiger partial charge in [-0.3, -0.25) is 4.90 Å². The number of nitrogens with zero attached hydrogens (tertiary/aromatic N) is 1. The largest absolute Gasteiger partial charge is 0.496 e. The molecule has 0 bridgehead atoms. The first-order valence-corrected chi connectivity index (χ1v) is 10.2. The van der Waals surface area contributed by atoms with Gasteiger partial charge in [0.1, 0.15) is 23.8 Å². The minimum atomic E-state index is -0.293. The molecule has 0 spiro atoms. The van der Waals surface area contributed by atoms with E-state index in [1.807, 2.05) is 25.1 Å². The fraction of sp³-hybridized carbons (Fsp3) is 0.375. The van der Waals surface area contributed by atoms with Gasteiger partial charge < -0.3 is 13.9 Å². The van der Waals surface area contributed by atoms with E-state index in [-0.39, 0.29) is 5.63 Å². The summed E-state index contributed by atoms with van der Waals surface area (Å²) in [6.07, 6.45) is 2.74. The second kappa shape index (κ2) is 8.29. The third kappa shape index (κ3) is 3.87. The molecule has 0 saturated carbocycles. The predicted molar refractivity (Wildman–Crippen MR) is 114 cm³/mol. The lowest BCUT2D eigenvalue weighted by molar-refractivity contribution is 0.0957. The number of hydrogen-bond acceptors (Lipinski definition) is 5. The van der Waals surface area contributed by atoms with Crippen LogP contribution in [-0.2, 0) is 19.4 Å². The van der Waals surface area contributed by atoms with Crippen LogP contribution in [0.15, 0.2) is 45.6 Å². The molecule has 1 aliphatic rings. The molecule has 2 aromatic carbocycles. The number of hydrogen-bond donors (Lipinski definition) is 0. The molecular weight excluding hydrogens is 366 g/mol. The zero-order chi connectivity index (χ0) is 20.4. The molecule has 1 aliphatic heterocycles. The summed E-state index contributed by atoms with van der Waals surface area (Å²) in [4.78, 5) is 14.3. The normalized spacial score (nSPS) is 13.9. The molecule has 1 aromatic heterocycles. The third-order valence-corrected chi connectivity index (χ3v) is 5.57. The average Bonchev–Trinajstić information content (AvgIpc) is 2.73. The number of aryl methyl sites for hydroxylation is 2. The van der Waals surface area contributed by atoms with E-state index in [4.69, 9.17) is 13.9 Å². The second-order valence-electron chi connectivity index (χ2n) is 7.59. The van der Waals surface area contributed by atoms with E-state index in [9.17, 15) is 4.79 Å². The van der Waals surface area contributed by atoms with Crippen molar-refractivity contribution in [2.24, 2.45) is 0 Å². The Morgan fingerprint density at radius 2 is 1.97 bits per heavy atom. The monoisotopic (exact) mass is 393 g/mol. The minimum Gasteiger partial charge on any atom is -0.496 e. The summed E-state index contributed by atoms with van der Waals surface area (Å²) in [7, 11) is 1.71. The van der Waals surface area contributed by atoms with Crippen LogP contribution in [0.3, 0.4) is 0 Å². The zero-order valence-corrected chi connectivity index (χ0v) is 17.3. The molecule has 2 heterocycles. The van der Waals surface area contributed by atoms with Gasteiger partial charge in [0, 0.05) is 35.7 Å². The predicted octanol–water partition coefficient (Wildman–Crippen LogP) is 4.46. The van der Waals surface area contributed by atoms with Crippen LogP contribution in [0.1, 0.15) is 35.6 Å². The molecular formula is C24H27NO4. The number of ether oxygens (including phenoxy) is 2. The van der Waals surface area contributed by atoms with E-state index in [1.165, 1.54) is 5.56 Å². The molecule has 5 nitrogen and oxygen atoms in total. The molecule has 4 rings (SSSR count). The standard InChI is InChI=1S/C24H27NO4/c1-4-7-18-13-22(26)29-24-16(2)23-19(12-20(18)24)14-25(15-28-23)11-10-17-8-5-6-9-21(17)27-3/h5-6,8-9,12-13H,4,7,10-11,14-15H2,1-3H3. The Bertz CT molecular complexity index is 1090. The van der Waals surface area contributed by atoms with Crippen LogP contribution in [0, 0.1) is 6.92 Å². The SMILES string of the molecule is CCCc1cc(=O)oc2c(C)c3c(cc12)CN(CCc1ccccc1OC)CO3. The highest BCUT2D eigenvalue weighted by Gasteiger charge is 2.23. The van der Waals surface area contributed by atoms with E-state index in [1.54, 1.807) is 13.2 Å². The molecule has 0 N–H and O–H groups in total. The van der Waals surface area contributed by atoms with Crippen molar-refractivity contribution in [1.29, 1.82) is 0 Å². The van der Waals surface area contributed by atoms with Crippen molar-refractivity contribution in [3.63, 3.8) is 0 Å². The quantitative estimate of drug-likeness (QED) is 0.579. The van der Waals surface area contributed by atoms with Gasteiger partial charge in [-0.05, 0) is 43.0 Å². The minimum absolute atomic E-state index is 0.293. The maximum Gasteiger partial charge on any atom is 0.336 e. The van der Waals surface area contributed by atoms with Crippen molar-refractivity contribution >= 4 is 11.0 Å². The van der Waals surface area contributed by atoms with E-state index in [0.717, 1.165) is 65.9 Å². The number of methoxy groups -OCH3 is 1. The first-order valence-electron chi connectivity index (χ1n) is 10.2. The molecule has 3 aromatic rings. The maximum absolute atomic E-state index is 12.0. The molecule has 29 heavy (non-hydrogen) atoms. The molecule has 0 atom stereocenters. The lowest BCUT2D eigenvalue weighted by atomic mass is 9.98. The first kappa shape index (κ1) is 19.5. The summed E-state index contributed by atoms with van der Waals surface area (Å²) in [5.41, 5.74) is 4.67. The van der Waals surface area contributed by atoms with Crippen LogP contribution in [0.25, 0.3) is 11.0 Å². The zero-order valence-electron chi connectivity index (χ0n) is 17.3. The molecule has 152 valence electrons. The number of benzene rings is 2. The molecule has 0 amide bonds. The number of para-hydroxylation sites is 1. The van der Waals surface area contributed by atoms with E-state index < -0.39 is 0 Å². The number of fused-ring (bicyclic) bond motifs is 2. The van der Waals surface area contributed by atoms with Crippen LogP contribution < -0.4 is 15.1 Å². The fourth-order valence-electron chi connectivity index (χ4n) is 4.14. The molecule has 0 unspecified atom stereocenters. The van der Waals surface area contributed by atoms with Crippen LogP contribution in [0.5, 0.6) is 11.5 Å². The van der Waals surface area contributed by atoms with Crippen molar-refractivity contribution in [3.8, 4) is 11.5 Å². The van der Waals surface area contributed by atoms with E-state index >= 15 is 0 Å². The van der Waals surface area contributed by atoms with Crippen LogP contribution in [0.4, 0.5) is 0 Å². The highest BCUT2D eigenvalue weighted by Crippen LogP contribution is 2.36. The lowest BCUT2D eigenvalue weighted by Crippen LogP contribution is -2.34. The molecule has 0 fully saturated rings. The van der Waals surface area contributed by atoms with Crippen LogP contribution in [0.2, 0.25) is 0 Å². The smallest absolute Gasteiger partial charge is 0.336 e. The second-order valence-corrected chi connectivity index (χ2v) is 7.59. The van der Waals surface area contributed by atoms with Gasteiger partial charge in [-0.1, -0.05) is 31.5 Å². The number of rotatable bonds is 6. The summed E-state index contributed by atoms with van der Waals surface area (Å²) in [5, 5.41) is 1.03. The van der Waals surface area contributed by atoms with Crippen LogP contribution in [-0.4, -0.2) is 25.3 Å². The van der Waals surface area contributed by atoms with Gasteiger partial charge in [0.2, 0.25) is 0 Å². The fourth-order valence-corrected chi connectivity index (χ4v) is 4.14. The maximum atomic E-state index is 12.0. The van der Waals surface area contributed by atoms with Gasteiger partial charge >= 0.3 is 5.63 Å². The average molecular weight is 393 g/mol. The van der Waals surface area contributed by atoms with E-state index in [0.29, 0.717) is 12.3 Å². The first-order chi connectivity index (χ1) is 14.1. The summed E-state index contributed by atoms with van der Waals surface area (Å²) >= 11 is 0. The van der Waals surface area contributed by atoms with Gasteiger partial charge in [0.15, 0.2) is 0 Å². The Kier molecular flexibility index (Phi) is 5.58. The highest BCUT2D eigenvalue weighted by molar-refractivity contribution is 5.86. The van der Waals surface area contributed by atoms with Gasteiger partial charge in [-0.15, -0.1) is 0 Å². The van der Waals surface area contributed by atoms with Gasteiger partial charge in [0.05, 0.1) is 7.11 Å². The third-order valence-electron chi connectivity index (χ3n) is 5.57. The Labute approximate surface area is 170 Å². The Morgan fingerprint density at radius 1 is 1.14 bits per heavy atom. The van der Waals surface area contributed by atoms with Crippen molar-refractivity contribution in [1.82, 2.24) is 4.90 Å². The summed E-state index contributed by atoms with van der Waals surface area (Å²) in [6, 6.07) is 11.9. The highest BCUT2D eigenvalue weighted by atomic mass is 16.5. The summed E-state index contributed by atoms with van der Waals surface area (Å²) < 4.78 is 17.1. The van der Waals surface area contributed by atoms with Crippen molar-refractivity contribution in [3.05, 3.63) is 69.1 Å². The Balaban J connectivity index is 1.61. The summed E-state index contributed by atoms with van der Waals surface area (Å²) in [5.74, 6) is 1.77. The van der Waals surface area contributed by atoms with Gasteiger partial charge in [-0.25, -0.2) is 4.79 Å². The Morgan fingerprint density at radius 3 is 2.76 bits per heavy atom. The molecule has 0 aliphatic carbocycles. The van der Waals surface area contributed by atoms with Crippen molar-refractivity contribution < 1.29 is 13.9 Å². The lowest BCUT2D eigenvalue weighted by Gasteiger charge is -2.30. The van der Waals surface area contributed by atoms with Crippen molar-refractivity contribution in [2.75, 3.05) is 20.4 Å².